The van der Waals surface area contributed by atoms with Crippen LogP contribution >= 0.6 is 0 Å². The molecule has 1 aliphatic rings. The van der Waals surface area contributed by atoms with E-state index in [1.807, 2.05) is 0 Å². The Morgan fingerprint density at radius 2 is 1.96 bits per heavy atom. The minimum Gasteiger partial charge on any atom is -0.365 e. The van der Waals surface area contributed by atoms with Gasteiger partial charge in [0.2, 0.25) is 0 Å². The second-order valence-corrected chi connectivity index (χ2v) is 5.33. The van der Waals surface area contributed by atoms with Crippen LogP contribution in [-0.2, 0) is 4.74 Å². The van der Waals surface area contributed by atoms with Crippen LogP contribution in [0.1, 0.15) is 10.5 Å². The van der Waals surface area contributed by atoms with Crippen LogP contribution in [0.3, 0.4) is 0 Å². The third-order valence-electron chi connectivity index (χ3n) is 3.68. The number of halogens is 3. The van der Waals surface area contributed by atoms with Gasteiger partial charge in [-0.15, -0.1) is 0 Å². The molecule has 3 rings (SSSR count). The first-order chi connectivity index (χ1) is 11.4. The van der Waals surface area contributed by atoms with Gasteiger partial charge in [0.1, 0.15) is 5.69 Å². The summed E-state index contributed by atoms with van der Waals surface area (Å²) in [5.74, 6) is -0.667. The van der Waals surface area contributed by atoms with Gasteiger partial charge >= 0.3 is 6.18 Å². The Balaban J connectivity index is 1.82. The van der Waals surface area contributed by atoms with E-state index in [2.05, 4.69) is 9.84 Å². The molecule has 0 spiro atoms. The van der Waals surface area contributed by atoms with Crippen molar-refractivity contribution < 1.29 is 22.7 Å². The summed E-state index contributed by atoms with van der Waals surface area (Å²) >= 11 is 0. The number of aromatic amines is 1. The first-order valence-corrected chi connectivity index (χ1v) is 7.21. The number of rotatable bonds is 2. The van der Waals surface area contributed by atoms with E-state index in [-0.39, 0.29) is 18.8 Å². The fraction of sp³-hybridized carbons (Fsp3) is 0.333. The van der Waals surface area contributed by atoms with Crippen molar-refractivity contribution in [1.82, 2.24) is 14.7 Å². The summed E-state index contributed by atoms with van der Waals surface area (Å²) in [5, 5.41) is 2.64. The largest absolute Gasteiger partial charge is 0.416 e. The average molecular weight is 341 g/mol. The van der Waals surface area contributed by atoms with Crippen LogP contribution in [0.4, 0.5) is 13.2 Å². The first-order valence-electron chi connectivity index (χ1n) is 7.21. The highest BCUT2D eigenvalue weighted by atomic mass is 19.4. The van der Waals surface area contributed by atoms with E-state index in [0.29, 0.717) is 5.69 Å². The molecule has 0 saturated carbocycles. The normalized spacial score (nSPS) is 18.6. The Labute approximate surface area is 134 Å². The number of H-pyrrole nitrogens is 1. The summed E-state index contributed by atoms with van der Waals surface area (Å²) in [4.78, 5) is 25.4. The maximum absolute atomic E-state index is 12.7. The number of benzene rings is 1. The highest BCUT2D eigenvalue weighted by molar-refractivity contribution is 5.92. The first kappa shape index (κ1) is 16.3. The van der Waals surface area contributed by atoms with Gasteiger partial charge in [0, 0.05) is 12.6 Å². The Morgan fingerprint density at radius 3 is 2.62 bits per heavy atom. The lowest BCUT2D eigenvalue weighted by Gasteiger charge is -2.33. The lowest BCUT2D eigenvalue weighted by molar-refractivity contribution is -0.233. The molecule has 6 nitrogen and oxygen atoms in total. The molecular formula is C15H14F3N3O3. The van der Waals surface area contributed by atoms with E-state index >= 15 is 0 Å². The van der Waals surface area contributed by atoms with E-state index in [4.69, 9.17) is 0 Å². The molecule has 1 atom stereocenters. The second-order valence-electron chi connectivity index (χ2n) is 5.33. The quantitative estimate of drug-likeness (QED) is 0.902. The standard InChI is InChI=1S/C15H14F3N3O3/c16-15(17,18)12-9-20(6-7-24-12)14(23)11-8-13(22)21(19-11)10-4-2-1-3-5-10/h1-5,8,12,19H,6-7,9H2/t12-/m1/s1. The molecule has 2 aromatic rings. The van der Waals surface area contributed by atoms with Crippen LogP contribution in [0.5, 0.6) is 0 Å². The number of aromatic nitrogens is 2. The molecule has 0 bridgehead atoms. The lowest BCUT2D eigenvalue weighted by Crippen LogP contribution is -2.51. The van der Waals surface area contributed by atoms with Gasteiger partial charge in [-0.25, -0.2) is 4.68 Å². The molecule has 1 fully saturated rings. The van der Waals surface area contributed by atoms with Crippen molar-refractivity contribution in [1.29, 1.82) is 0 Å². The van der Waals surface area contributed by atoms with Gasteiger partial charge in [-0.05, 0) is 12.1 Å². The molecule has 24 heavy (non-hydrogen) atoms. The van der Waals surface area contributed by atoms with E-state index in [1.165, 1.54) is 0 Å². The fourth-order valence-corrected chi connectivity index (χ4v) is 2.48. The number of nitrogens with one attached hydrogen (secondary N) is 1. The van der Waals surface area contributed by atoms with Gasteiger partial charge in [0.05, 0.1) is 18.8 Å². The van der Waals surface area contributed by atoms with Crippen LogP contribution in [-0.4, -0.2) is 52.6 Å². The van der Waals surface area contributed by atoms with E-state index in [1.54, 1.807) is 30.3 Å². The smallest absolute Gasteiger partial charge is 0.365 e. The number of amides is 1. The van der Waals surface area contributed by atoms with Crippen LogP contribution < -0.4 is 5.56 Å². The summed E-state index contributed by atoms with van der Waals surface area (Å²) in [7, 11) is 0. The maximum atomic E-state index is 12.7. The Hall–Kier alpha value is -2.55. The van der Waals surface area contributed by atoms with Crippen LogP contribution in [0.15, 0.2) is 41.2 Å². The summed E-state index contributed by atoms with van der Waals surface area (Å²) in [5.41, 5.74) is -0.00597. The molecule has 0 unspecified atom stereocenters. The molecule has 9 heteroatoms. The predicted molar refractivity (Wildman–Crippen MR) is 78.1 cm³/mol. The number of hydrogen-bond acceptors (Lipinski definition) is 3. The van der Waals surface area contributed by atoms with Crippen LogP contribution in [0.2, 0.25) is 0 Å². The molecule has 0 aliphatic carbocycles. The van der Waals surface area contributed by atoms with Gasteiger partial charge in [0.25, 0.3) is 11.5 Å². The zero-order valence-electron chi connectivity index (χ0n) is 12.4. The molecule has 1 amide bonds. The molecule has 1 aromatic carbocycles. The number of morpholine rings is 1. The predicted octanol–water partition coefficient (Wildman–Crippen LogP) is 1.57. The molecule has 1 saturated heterocycles. The minimum atomic E-state index is -4.54. The average Bonchev–Trinajstić information content (AvgIpc) is 2.96. The summed E-state index contributed by atoms with van der Waals surface area (Å²) in [6.07, 6.45) is -6.55. The summed E-state index contributed by atoms with van der Waals surface area (Å²) < 4.78 is 44.1. The zero-order valence-corrected chi connectivity index (χ0v) is 12.4. The van der Waals surface area contributed by atoms with Gasteiger partial charge < -0.3 is 9.64 Å². The van der Waals surface area contributed by atoms with Crippen molar-refractivity contribution in [3.63, 3.8) is 0 Å². The van der Waals surface area contributed by atoms with Crippen molar-refractivity contribution in [2.75, 3.05) is 19.7 Å². The van der Waals surface area contributed by atoms with Gasteiger partial charge in [-0.1, -0.05) is 18.2 Å². The highest BCUT2D eigenvalue weighted by Crippen LogP contribution is 2.26. The molecular weight excluding hydrogens is 327 g/mol. The maximum Gasteiger partial charge on any atom is 0.416 e. The number of hydrogen-bond donors (Lipinski definition) is 1. The van der Waals surface area contributed by atoms with Crippen molar-refractivity contribution in [2.24, 2.45) is 0 Å². The molecule has 1 aliphatic heterocycles. The van der Waals surface area contributed by atoms with E-state index in [0.717, 1.165) is 15.6 Å². The summed E-state index contributed by atoms with van der Waals surface area (Å²) in [6.45, 7) is -0.773. The Kier molecular flexibility index (Phi) is 4.18. The Morgan fingerprint density at radius 1 is 1.25 bits per heavy atom. The third kappa shape index (κ3) is 3.21. The number of carbonyl (C=O) groups is 1. The number of para-hydroxylation sites is 1. The topological polar surface area (TPSA) is 67.3 Å². The Bertz CT molecular complexity index is 782. The van der Waals surface area contributed by atoms with Crippen molar-refractivity contribution in [2.45, 2.75) is 12.3 Å². The molecule has 0 radical (unpaired) electrons. The second kappa shape index (κ2) is 6.16. The highest BCUT2D eigenvalue weighted by Gasteiger charge is 2.44. The van der Waals surface area contributed by atoms with Crippen molar-refractivity contribution in [3.8, 4) is 5.69 Å². The van der Waals surface area contributed by atoms with E-state index in [9.17, 15) is 22.8 Å². The third-order valence-corrected chi connectivity index (χ3v) is 3.68. The molecule has 2 heterocycles. The van der Waals surface area contributed by atoms with Gasteiger partial charge in [-0.2, -0.15) is 13.2 Å². The summed E-state index contributed by atoms with van der Waals surface area (Å²) in [6, 6.07) is 9.63. The van der Waals surface area contributed by atoms with E-state index < -0.39 is 30.3 Å². The molecule has 1 aromatic heterocycles. The zero-order chi connectivity index (χ0) is 17.3. The number of ether oxygens (including phenoxy) is 1. The van der Waals surface area contributed by atoms with Gasteiger partial charge in [0.15, 0.2) is 6.10 Å². The van der Waals surface area contributed by atoms with Crippen molar-refractivity contribution in [3.05, 3.63) is 52.4 Å². The number of nitrogens with zero attached hydrogens (tertiary/aromatic N) is 2. The van der Waals surface area contributed by atoms with Crippen LogP contribution in [0, 0.1) is 0 Å². The minimum absolute atomic E-state index is 0.0317. The van der Waals surface area contributed by atoms with Gasteiger partial charge in [-0.3, -0.25) is 14.7 Å². The van der Waals surface area contributed by atoms with Crippen molar-refractivity contribution >= 4 is 5.91 Å². The van der Waals surface area contributed by atoms with Crippen LogP contribution in [0.25, 0.3) is 5.69 Å². The SMILES string of the molecule is O=C(c1cc(=O)n(-c2ccccc2)[nH]1)N1CCO[C@@H](C(F)(F)F)C1. The molecule has 1 N–H and O–H groups in total. The number of carbonyl (C=O) groups excluding carboxylic acids is 1. The molecule has 128 valence electrons. The lowest BCUT2D eigenvalue weighted by atomic mass is 10.2. The number of alkyl halides is 3. The monoisotopic (exact) mass is 341 g/mol. The fourth-order valence-electron chi connectivity index (χ4n) is 2.48.